The first-order valence-electron chi connectivity index (χ1n) is 10.1. The summed E-state index contributed by atoms with van der Waals surface area (Å²) in [5, 5.41) is 3.19. The molecule has 0 fully saturated rings. The first-order valence-corrected chi connectivity index (χ1v) is 10.9. The Labute approximate surface area is 204 Å². The topological polar surface area (TPSA) is 105 Å². The zero-order valence-electron chi connectivity index (χ0n) is 19.3. The monoisotopic (exact) mass is 533 g/mol. The maximum atomic E-state index is 12.8. The zero-order valence-corrected chi connectivity index (χ0v) is 20.9. The quantitative estimate of drug-likeness (QED) is 0.300. The molecule has 2 aromatic carbocycles. The van der Waals surface area contributed by atoms with Crippen LogP contribution >= 0.6 is 15.9 Å². The molecule has 1 heterocycles. The predicted molar refractivity (Wildman–Crippen MR) is 130 cm³/mol. The molecule has 1 aromatic heterocycles. The number of carbonyl (C=O) groups is 2. The van der Waals surface area contributed by atoms with Gasteiger partial charge >= 0.3 is 5.97 Å². The molecule has 9 nitrogen and oxygen atoms in total. The Morgan fingerprint density at radius 1 is 1.00 bits per heavy atom. The number of furan rings is 1. The van der Waals surface area contributed by atoms with Crippen molar-refractivity contribution < 1.29 is 37.7 Å². The van der Waals surface area contributed by atoms with E-state index in [0.29, 0.717) is 44.0 Å². The number of methoxy groups -OCH3 is 4. The highest BCUT2D eigenvalue weighted by atomic mass is 79.9. The number of fused-ring (bicyclic) bond motifs is 1. The van der Waals surface area contributed by atoms with Crippen LogP contribution in [0.15, 0.2) is 39.2 Å². The lowest BCUT2D eigenvalue weighted by molar-refractivity contribution is -0.111. The van der Waals surface area contributed by atoms with E-state index in [0.717, 1.165) is 0 Å². The van der Waals surface area contributed by atoms with Gasteiger partial charge < -0.3 is 33.4 Å². The van der Waals surface area contributed by atoms with Crippen LogP contribution in [0, 0.1) is 0 Å². The number of nitrogens with one attached hydrogen (secondary N) is 1. The van der Waals surface area contributed by atoms with Gasteiger partial charge in [-0.25, -0.2) is 4.79 Å². The highest BCUT2D eigenvalue weighted by Crippen LogP contribution is 2.42. The number of carbonyl (C=O) groups excluding carboxylic acids is 2. The number of anilines is 1. The summed E-state index contributed by atoms with van der Waals surface area (Å²) in [5.74, 6) is 0.378. The molecule has 1 N–H and O–H groups in total. The minimum atomic E-state index is -0.712. The molecule has 0 saturated heterocycles. The molecule has 1 amide bonds. The number of benzene rings is 2. The summed E-state index contributed by atoms with van der Waals surface area (Å²) in [6, 6.07) is 6.81. The fourth-order valence-electron chi connectivity index (χ4n) is 3.30. The predicted octanol–water partition coefficient (Wildman–Crippen LogP) is 5.06. The molecule has 0 radical (unpaired) electrons. The molecule has 0 atom stereocenters. The van der Waals surface area contributed by atoms with Crippen molar-refractivity contribution in [3.05, 3.63) is 46.1 Å². The molecule has 0 unspecified atom stereocenters. The molecular weight excluding hydrogens is 510 g/mol. The number of halogens is 1. The zero-order chi connectivity index (χ0) is 24.8. The van der Waals surface area contributed by atoms with E-state index in [1.54, 1.807) is 37.3 Å². The van der Waals surface area contributed by atoms with E-state index in [9.17, 15) is 9.59 Å². The Kier molecular flexibility index (Phi) is 8.06. The van der Waals surface area contributed by atoms with Crippen molar-refractivity contribution in [3.63, 3.8) is 0 Å². The van der Waals surface area contributed by atoms with Gasteiger partial charge in [0, 0.05) is 10.5 Å². The average Bonchev–Trinajstić information content (AvgIpc) is 3.22. The molecule has 180 valence electrons. The number of esters is 1. The molecule has 0 aliphatic heterocycles. The van der Waals surface area contributed by atoms with Gasteiger partial charge in [0.25, 0.3) is 0 Å². The third kappa shape index (κ3) is 4.96. The van der Waals surface area contributed by atoms with Gasteiger partial charge in [-0.05, 0) is 58.8 Å². The van der Waals surface area contributed by atoms with Crippen LogP contribution < -0.4 is 24.3 Å². The molecule has 10 heteroatoms. The number of amides is 1. The molecule has 0 aliphatic carbocycles. The molecule has 3 rings (SSSR count). The fraction of sp³-hybridized carbons (Fsp3) is 0.250. The Balaban J connectivity index is 1.99. The highest BCUT2D eigenvalue weighted by molar-refractivity contribution is 9.10. The maximum absolute atomic E-state index is 12.8. The Bertz CT molecular complexity index is 1220. The number of hydrogen-bond donors (Lipinski definition) is 1. The summed E-state index contributed by atoms with van der Waals surface area (Å²) >= 11 is 3.45. The Morgan fingerprint density at radius 3 is 2.21 bits per heavy atom. The van der Waals surface area contributed by atoms with Crippen LogP contribution in [0.4, 0.5) is 5.69 Å². The second-order valence-corrected chi connectivity index (χ2v) is 7.62. The molecule has 0 bridgehead atoms. The van der Waals surface area contributed by atoms with E-state index >= 15 is 0 Å². The highest BCUT2D eigenvalue weighted by Gasteiger charge is 2.26. The standard InChI is InChI=1S/C24H24BrNO8/c1-6-33-24(28)23-20(19-14(25)8-9-15(29-2)22(19)34-23)26-18(27)10-7-13-11-16(30-3)21(32-5)17(12-13)31-4/h7-12H,6H2,1-5H3,(H,26,27)/b10-7+. The molecular formula is C24H24BrNO8. The first-order chi connectivity index (χ1) is 16.4. The van der Waals surface area contributed by atoms with Gasteiger partial charge in [0.2, 0.25) is 17.4 Å². The number of ether oxygens (including phenoxy) is 5. The average molecular weight is 534 g/mol. The summed E-state index contributed by atoms with van der Waals surface area (Å²) in [6.45, 7) is 1.82. The van der Waals surface area contributed by atoms with Crippen molar-refractivity contribution in [2.45, 2.75) is 6.92 Å². The van der Waals surface area contributed by atoms with Crippen LogP contribution in [0.3, 0.4) is 0 Å². The van der Waals surface area contributed by atoms with Gasteiger partial charge in [0.15, 0.2) is 22.8 Å². The first kappa shape index (κ1) is 25.0. The van der Waals surface area contributed by atoms with Gasteiger partial charge in [0.05, 0.1) is 40.4 Å². The molecule has 0 saturated carbocycles. The van der Waals surface area contributed by atoms with E-state index in [1.807, 2.05) is 0 Å². The largest absolute Gasteiger partial charge is 0.493 e. The van der Waals surface area contributed by atoms with Crippen LogP contribution in [0.1, 0.15) is 23.0 Å². The van der Waals surface area contributed by atoms with Crippen molar-refractivity contribution in [1.82, 2.24) is 0 Å². The third-order valence-electron chi connectivity index (χ3n) is 4.80. The van der Waals surface area contributed by atoms with Crippen molar-refractivity contribution >= 4 is 50.5 Å². The second kappa shape index (κ2) is 11.0. The van der Waals surface area contributed by atoms with E-state index in [-0.39, 0.29) is 18.1 Å². The van der Waals surface area contributed by atoms with Gasteiger partial charge in [-0.3, -0.25) is 4.79 Å². The SMILES string of the molecule is CCOC(=O)c1oc2c(OC)ccc(Br)c2c1NC(=O)/C=C/c1cc(OC)c(OC)c(OC)c1. The second-order valence-electron chi connectivity index (χ2n) is 6.76. The summed E-state index contributed by atoms with van der Waals surface area (Å²) in [4.78, 5) is 25.4. The lowest BCUT2D eigenvalue weighted by Gasteiger charge is -2.12. The van der Waals surface area contributed by atoms with E-state index in [2.05, 4.69) is 21.2 Å². The maximum Gasteiger partial charge on any atom is 0.376 e. The molecule has 3 aromatic rings. The van der Waals surface area contributed by atoms with Gasteiger partial charge in [-0.15, -0.1) is 0 Å². The summed E-state index contributed by atoms with van der Waals surface area (Å²) in [7, 11) is 6.00. The minimum Gasteiger partial charge on any atom is -0.493 e. The number of rotatable bonds is 9. The summed E-state index contributed by atoms with van der Waals surface area (Å²) < 4.78 is 32.8. The Hall–Kier alpha value is -3.66. The summed E-state index contributed by atoms with van der Waals surface area (Å²) in [6.07, 6.45) is 2.88. The van der Waals surface area contributed by atoms with E-state index < -0.39 is 11.9 Å². The fourth-order valence-corrected chi connectivity index (χ4v) is 3.81. The van der Waals surface area contributed by atoms with Crippen molar-refractivity contribution in [1.29, 1.82) is 0 Å². The van der Waals surface area contributed by atoms with Gasteiger partial charge in [-0.2, -0.15) is 0 Å². The lowest BCUT2D eigenvalue weighted by Crippen LogP contribution is -2.12. The molecule has 0 spiro atoms. The molecule has 34 heavy (non-hydrogen) atoms. The van der Waals surface area contributed by atoms with Gasteiger partial charge in [-0.1, -0.05) is 0 Å². The van der Waals surface area contributed by atoms with Crippen LogP contribution in [0.25, 0.3) is 17.0 Å². The van der Waals surface area contributed by atoms with Gasteiger partial charge in [0.1, 0.15) is 5.69 Å². The van der Waals surface area contributed by atoms with Crippen molar-refractivity contribution in [3.8, 4) is 23.0 Å². The van der Waals surface area contributed by atoms with Crippen LogP contribution in [-0.4, -0.2) is 46.9 Å². The third-order valence-corrected chi connectivity index (χ3v) is 5.46. The Morgan fingerprint density at radius 2 is 1.65 bits per heavy atom. The number of hydrogen-bond acceptors (Lipinski definition) is 8. The minimum absolute atomic E-state index is 0.141. The van der Waals surface area contributed by atoms with Crippen LogP contribution in [0.2, 0.25) is 0 Å². The van der Waals surface area contributed by atoms with Crippen molar-refractivity contribution in [2.24, 2.45) is 0 Å². The van der Waals surface area contributed by atoms with E-state index in [4.69, 9.17) is 28.1 Å². The molecule has 0 aliphatic rings. The van der Waals surface area contributed by atoms with E-state index in [1.165, 1.54) is 34.5 Å². The van der Waals surface area contributed by atoms with Crippen molar-refractivity contribution in [2.75, 3.05) is 40.4 Å². The van der Waals surface area contributed by atoms with Crippen LogP contribution in [-0.2, 0) is 9.53 Å². The normalized spacial score (nSPS) is 10.9. The summed E-state index contributed by atoms with van der Waals surface area (Å²) in [5.41, 5.74) is 1.10. The smallest absolute Gasteiger partial charge is 0.376 e. The lowest BCUT2D eigenvalue weighted by atomic mass is 10.1. The van der Waals surface area contributed by atoms with Crippen LogP contribution in [0.5, 0.6) is 23.0 Å².